The van der Waals surface area contributed by atoms with Gasteiger partial charge in [-0.15, -0.1) is 11.3 Å². The summed E-state index contributed by atoms with van der Waals surface area (Å²) >= 11 is 7.21. The van der Waals surface area contributed by atoms with Crippen molar-refractivity contribution >= 4 is 44.6 Å². The number of aryl methyl sites for hydroxylation is 1. The Kier molecular flexibility index (Phi) is 5.88. The van der Waals surface area contributed by atoms with Crippen LogP contribution in [0, 0.1) is 6.92 Å². The van der Waals surface area contributed by atoms with Crippen molar-refractivity contribution in [3.8, 4) is 0 Å². The second-order valence-electron chi connectivity index (χ2n) is 7.44. The summed E-state index contributed by atoms with van der Waals surface area (Å²) in [5.74, 6) is -0.0600. The monoisotopic (exact) mass is 453 g/mol. The molecule has 9 heteroatoms. The highest BCUT2D eigenvalue weighted by molar-refractivity contribution is 7.91. The molecule has 3 heterocycles. The average Bonchev–Trinajstić information content (AvgIpc) is 3.42. The van der Waals surface area contributed by atoms with E-state index in [1.165, 1.54) is 4.31 Å². The van der Waals surface area contributed by atoms with Gasteiger partial charge >= 0.3 is 0 Å². The minimum Gasteiger partial charge on any atom is -0.369 e. The number of amides is 1. The third kappa shape index (κ3) is 4.17. The number of carbonyl (C=O) groups excluding carboxylic acids is 1. The molecule has 0 saturated carbocycles. The molecule has 156 valence electrons. The molecule has 29 heavy (non-hydrogen) atoms. The van der Waals surface area contributed by atoms with Gasteiger partial charge in [0.05, 0.1) is 4.88 Å². The van der Waals surface area contributed by atoms with Gasteiger partial charge in [0, 0.05) is 50.0 Å². The van der Waals surface area contributed by atoms with E-state index in [1.807, 2.05) is 25.1 Å². The van der Waals surface area contributed by atoms with Gasteiger partial charge in [0.1, 0.15) is 4.21 Å². The van der Waals surface area contributed by atoms with Crippen LogP contribution in [0.2, 0.25) is 5.02 Å². The van der Waals surface area contributed by atoms with Crippen LogP contribution in [-0.2, 0) is 10.0 Å². The molecular formula is C20H24ClN3O3S2. The number of rotatable bonds is 4. The summed E-state index contributed by atoms with van der Waals surface area (Å²) in [5.41, 5.74) is 2.16. The zero-order valence-corrected chi connectivity index (χ0v) is 18.7. The van der Waals surface area contributed by atoms with Gasteiger partial charge < -0.3 is 9.80 Å². The fourth-order valence-electron chi connectivity index (χ4n) is 3.87. The maximum atomic E-state index is 13.1. The first-order valence-corrected chi connectivity index (χ1v) is 12.4. The number of halogens is 1. The molecule has 2 fully saturated rings. The molecule has 4 rings (SSSR count). The lowest BCUT2D eigenvalue weighted by atomic mass is 10.1. The molecule has 0 bridgehead atoms. The summed E-state index contributed by atoms with van der Waals surface area (Å²) in [7, 11) is -3.59. The van der Waals surface area contributed by atoms with Gasteiger partial charge in [-0.05, 0) is 49.6 Å². The highest BCUT2D eigenvalue weighted by atomic mass is 35.5. The normalized spacial score (nSPS) is 18.4. The van der Waals surface area contributed by atoms with Gasteiger partial charge in [-0.1, -0.05) is 17.7 Å². The second-order valence-corrected chi connectivity index (χ2v) is 11.1. The standard InChI is InChI=1S/C20H24ClN3O3S2/c1-15-4-5-16(21)14-17(15)22-10-12-24(13-11-22)29(26,27)19-7-6-18(28-19)20(25)23-8-2-3-9-23/h4-7,14H,2-3,8-13H2,1H3. The van der Waals surface area contributed by atoms with E-state index in [2.05, 4.69) is 4.90 Å². The van der Waals surface area contributed by atoms with Crippen LogP contribution in [0.5, 0.6) is 0 Å². The first-order valence-electron chi connectivity index (χ1n) is 9.76. The first-order chi connectivity index (χ1) is 13.9. The predicted octanol–water partition coefficient (Wildman–Crippen LogP) is 3.46. The van der Waals surface area contributed by atoms with E-state index in [0.717, 1.165) is 48.5 Å². The molecule has 1 aromatic carbocycles. The highest BCUT2D eigenvalue weighted by Gasteiger charge is 2.31. The van der Waals surface area contributed by atoms with E-state index in [0.29, 0.717) is 36.1 Å². The van der Waals surface area contributed by atoms with E-state index in [4.69, 9.17) is 11.6 Å². The van der Waals surface area contributed by atoms with E-state index in [-0.39, 0.29) is 10.1 Å². The molecule has 1 aromatic heterocycles. The van der Waals surface area contributed by atoms with Crippen LogP contribution < -0.4 is 4.90 Å². The lowest BCUT2D eigenvalue weighted by molar-refractivity contribution is 0.0797. The molecule has 0 atom stereocenters. The van der Waals surface area contributed by atoms with Crippen molar-refractivity contribution in [2.75, 3.05) is 44.2 Å². The SMILES string of the molecule is Cc1ccc(Cl)cc1N1CCN(S(=O)(=O)c2ccc(C(=O)N3CCCC3)s2)CC1. The second kappa shape index (κ2) is 8.26. The third-order valence-corrected chi connectivity index (χ3v) is 9.20. The largest absolute Gasteiger partial charge is 0.369 e. The van der Waals surface area contributed by atoms with E-state index in [9.17, 15) is 13.2 Å². The van der Waals surface area contributed by atoms with Gasteiger partial charge in [-0.2, -0.15) is 4.31 Å². The van der Waals surface area contributed by atoms with E-state index < -0.39 is 10.0 Å². The van der Waals surface area contributed by atoms with Crippen LogP contribution >= 0.6 is 22.9 Å². The topological polar surface area (TPSA) is 60.9 Å². The van der Waals surface area contributed by atoms with Crippen LogP contribution in [0.15, 0.2) is 34.5 Å². The fourth-order valence-corrected chi connectivity index (χ4v) is 6.89. The van der Waals surface area contributed by atoms with Crippen LogP contribution in [0.1, 0.15) is 28.1 Å². The summed E-state index contributed by atoms with van der Waals surface area (Å²) in [6, 6.07) is 8.97. The zero-order chi connectivity index (χ0) is 20.6. The van der Waals surface area contributed by atoms with E-state index >= 15 is 0 Å². The minimum absolute atomic E-state index is 0.0600. The molecule has 0 radical (unpaired) electrons. The highest BCUT2D eigenvalue weighted by Crippen LogP contribution is 2.29. The van der Waals surface area contributed by atoms with Crippen molar-refractivity contribution in [3.63, 3.8) is 0 Å². The van der Waals surface area contributed by atoms with Crippen molar-refractivity contribution in [3.05, 3.63) is 45.8 Å². The average molecular weight is 454 g/mol. The number of anilines is 1. The summed E-state index contributed by atoms with van der Waals surface area (Å²) < 4.78 is 27.9. The number of benzene rings is 1. The van der Waals surface area contributed by atoms with Crippen molar-refractivity contribution in [2.24, 2.45) is 0 Å². The predicted molar refractivity (Wildman–Crippen MR) is 117 cm³/mol. The third-order valence-electron chi connectivity index (χ3n) is 5.53. The Morgan fingerprint density at radius 1 is 1.00 bits per heavy atom. The molecule has 2 aliphatic heterocycles. The van der Waals surface area contributed by atoms with Crippen LogP contribution in [0.3, 0.4) is 0 Å². The Bertz CT molecular complexity index is 1010. The molecular weight excluding hydrogens is 430 g/mol. The lowest BCUT2D eigenvalue weighted by Crippen LogP contribution is -2.48. The van der Waals surface area contributed by atoms with Gasteiger partial charge in [-0.3, -0.25) is 4.79 Å². The number of likely N-dealkylation sites (tertiary alicyclic amines) is 1. The summed E-state index contributed by atoms with van der Waals surface area (Å²) in [6.07, 6.45) is 2.03. The van der Waals surface area contributed by atoms with Gasteiger partial charge in [0.25, 0.3) is 15.9 Å². The minimum atomic E-state index is -3.59. The Balaban J connectivity index is 1.45. The molecule has 0 aliphatic carbocycles. The Hall–Kier alpha value is -1.61. The molecule has 6 nitrogen and oxygen atoms in total. The molecule has 0 spiro atoms. The van der Waals surface area contributed by atoms with Crippen molar-refractivity contribution in [1.29, 1.82) is 0 Å². The smallest absolute Gasteiger partial charge is 0.263 e. The Morgan fingerprint density at radius 3 is 2.38 bits per heavy atom. The molecule has 0 N–H and O–H groups in total. The maximum absolute atomic E-state index is 13.1. The zero-order valence-electron chi connectivity index (χ0n) is 16.3. The van der Waals surface area contributed by atoms with Crippen LogP contribution in [-0.4, -0.2) is 62.8 Å². The Labute approximate surface area is 180 Å². The number of carbonyl (C=O) groups is 1. The number of sulfonamides is 1. The maximum Gasteiger partial charge on any atom is 0.263 e. The molecule has 2 aromatic rings. The Morgan fingerprint density at radius 2 is 1.69 bits per heavy atom. The fraction of sp³-hybridized carbons (Fsp3) is 0.450. The summed E-state index contributed by atoms with van der Waals surface area (Å²) in [6.45, 7) is 5.55. The number of thiophene rings is 1. The van der Waals surface area contributed by atoms with Crippen molar-refractivity contribution in [1.82, 2.24) is 9.21 Å². The number of hydrogen-bond donors (Lipinski definition) is 0. The first kappa shape index (κ1) is 20.7. The van der Waals surface area contributed by atoms with Crippen LogP contribution in [0.25, 0.3) is 0 Å². The van der Waals surface area contributed by atoms with Gasteiger partial charge in [0.15, 0.2) is 0 Å². The number of piperazine rings is 1. The number of hydrogen-bond acceptors (Lipinski definition) is 5. The molecule has 2 aliphatic rings. The van der Waals surface area contributed by atoms with E-state index in [1.54, 1.807) is 17.0 Å². The molecule has 0 unspecified atom stereocenters. The van der Waals surface area contributed by atoms with Gasteiger partial charge in [0.2, 0.25) is 0 Å². The molecule has 2 saturated heterocycles. The quantitative estimate of drug-likeness (QED) is 0.711. The van der Waals surface area contributed by atoms with Gasteiger partial charge in [-0.25, -0.2) is 8.42 Å². The van der Waals surface area contributed by atoms with Crippen molar-refractivity contribution in [2.45, 2.75) is 24.0 Å². The summed E-state index contributed by atoms with van der Waals surface area (Å²) in [5, 5.41) is 0.675. The number of nitrogens with zero attached hydrogens (tertiary/aromatic N) is 3. The summed E-state index contributed by atoms with van der Waals surface area (Å²) in [4.78, 5) is 17.0. The lowest BCUT2D eigenvalue weighted by Gasteiger charge is -2.36. The van der Waals surface area contributed by atoms with Crippen LogP contribution in [0.4, 0.5) is 5.69 Å². The molecule has 1 amide bonds. The van der Waals surface area contributed by atoms with Crippen molar-refractivity contribution < 1.29 is 13.2 Å².